The molecule has 1 heterocycles. The van der Waals surface area contributed by atoms with Crippen molar-refractivity contribution in [3.05, 3.63) is 30.6 Å². The van der Waals surface area contributed by atoms with Crippen molar-refractivity contribution in [2.75, 3.05) is 0 Å². The Hall–Kier alpha value is -0.785. The first kappa shape index (κ1) is 6.21. The Morgan fingerprint density at radius 1 is 0.857 bits per heavy atom. The van der Waals surface area contributed by atoms with Crippen LogP contribution in [0.25, 0.3) is 0 Å². The van der Waals surface area contributed by atoms with Crippen LogP contribution in [0.5, 0.6) is 0 Å². The lowest BCUT2D eigenvalue weighted by Gasteiger charge is -1.70. The second-order valence-corrected chi connectivity index (χ2v) is 1.02. The van der Waals surface area contributed by atoms with Crippen molar-refractivity contribution in [2.24, 2.45) is 0 Å². The van der Waals surface area contributed by atoms with E-state index in [0.717, 1.165) is 0 Å². The van der Waals surface area contributed by atoms with Crippen LogP contribution in [0.4, 0.5) is 0 Å². The third kappa shape index (κ3) is 1.98. The van der Waals surface area contributed by atoms with E-state index in [1.165, 1.54) is 0 Å². The van der Waals surface area contributed by atoms with E-state index in [0.29, 0.717) is 0 Å². The van der Waals surface area contributed by atoms with Crippen LogP contribution in [0, 0.1) is 0 Å². The molecule has 3 radical (unpaired) electrons. The molecule has 33 valence electrons. The third-order valence-corrected chi connectivity index (χ3v) is 0.566. The molecule has 0 aliphatic heterocycles. The SMILES string of the molecule is [B].c1ccncc1. The average molecular weight is 89.9 g/mol. The number of nitrogens with zero attached hydrogens (tertiary/aromatic N) is 1. The first-order valence-electron chi connectivity index (χ1n) is 1.85. The van der Waals surface area contributed by atoms with Gasteiger partial charge in [0.05, 0.1) is 0 Å². The minimum atomic E-state index is 0. The Kier molecular flexibility index (Phi) is 3.02. The van der Waals surface area contributed by atoms with E-state index in [9.17, 15) is 0 Å². The van der Waals surface area contributed by atoms with Gasteiger partial charge in [-0.15, -0.1) is 0 Å². The minimum Gasteiger partial charge on any atom is -0.265 e. The lowest BCUT2D eigenvalue weighted by Crippen LogP contribution is -1.58. The van der Waals surface area contributed by atoms with Crippen molar-refractivity contribution in [3.8, 4) is 0 Å². The fourth-order valence-corrected chi connectivity index (χ4v) is 0.313. The van der Waals surface area contributed by atoms with Crippen LogP contribution in [0.3, 0.4) is 0 Å². The first-order chi connectivity index (χ1) is 3.00. The molecule has 1 aromatic heterocycles. The smallest absolute Gasteiger partial charge is 0.0267 e. The predicted octanol–water partition coefficient (Wildman–Crippen LogP) is 0.701. The summed E-state index contributed by atoms with van der Waals surface area (Å²) in [6.45, 7) is 0. The summed E-state index contributed by atoms with van der Waals surface area (Å²) in [5, 5.41) is 0. The molecule has 1 rings (SSSR count). The maximum atomic E-state index is 3.78. The van der Waals surface area contributed by atoms with E-state index in [2.05, 4.69) is 4.98 Å². The summed E-state index contributed by atoms with van der Waals surface area (Å²) < 4.78 is 0. The summed E-state index contributed by atoms with van der Waals surface area (Å²) in [7, 11) is 0. The molecular formula is C5H5BN. The highest BCUT2D eigenvalue weighted by molar-refractivity contribution is 5.75. The largest absolute Gasteiger partial charge is 0.265 e. The topological polar surface area (TPSA) is 12.9 Å². The minimum absolute atomic E-state index is 0. The number of hydrogen-bond acceptors (Lipinski definition) is 1. The van der Waals surface area contributed by atoms with Crippen molar-refractivity contribution < 1.29 is 0 Å². The summed E-state index contributed by atoms with van der Waals surface area (Å²) in [5.41, 5.74) is 0. The molecule has 0 saturated carbocycles. The molecular weight excluding hydrogens is 84.9 g/mol. The molecule has 0 atom stereocenters. The van der Waals surface area contributed by atoms with Crippen LogP contribution in [-0.4, -0.2) is 13.4 Å². The Morgan fingerprint density at radius 3 is 1.57 bits per heavy atom. The van der Waals surface area contributed by atoms with Crippen molar-refractivity contribution in [3.63, 3.8) is 0 Å². The van der Waals surface area contributed by atoms with Gasteiger partial charge in [0, 0.05) is 20.8 Å². The van der Waals surface area contributed by atoms with Gasteiger partial charge in [-0.05, 0) is 12.1 Å². The van der Waals surface area contributed by atoms with Gasteiger partial charge in [0.25, 0.3) is 0 Å². The van der Waals surface area contributed by atoms with Crippen molar-refractivity contribution in [1.82, 2.24) is 4.98 Å². The van der Waals surface area contributed by atoms with Gasteiger partial charge in [-0.25, -0.2) is 0 Å². The van der Waals surface area contributed by atoms with Crippen LogP contribution >= 0.6 is 0 Å². The Labute approximate surface area is 45.0 Å². The summed E-state index contributed by atoms with van der Waals surface area (Å²) >= 11 is 0. The quantitative estimate of drug-likeness (QED) is 0.427. The first-order valence-corrected chi connectivity index (χ1v) is 1.85. The van der Waals surface area contributed by atoms with Crippen molar-refractivity contribution in [1.29, 1.82) is 0 Å². The lowest BCUT2D eigenvalue weighted by atomic mass is 10.5. The van der Waals surface area contributed by atoms with Gasteiger partial charge in [0.15, 0.2) is 0 Å². The van der Waals surface area contributed by atoms with E-state index in [1.54, 1.807) is 12.4 Å². The van der Waals surface area contributed by atoms with E-state index in [4.69, 9.17) is 0 Å². The summed E-state index contributed by atoms with van der Waals surface area (Å²) in [5.74, 6) is 0. The Balaban J connectivity index is 0.000000360. The Bertz CT molecular complexity index is 80.0. The van der Waals surface area contributed by atoms with Crippen LogP contribution in [-0.2, 0) is 0 Å². The van der Waals surface area contributed by atoms with Gasteiger partial charge < -0.3 is 0 Å². The third-order valence-electron chi connectivity index (χ3n) is 0.566. The predicted molar refractivity (Wildman–Crippen MR) is 30.0 cm³/mol. The molecule has 0 spiro atoms. The van der Waals surface area contributed by atoms with Crippen molar-refractivity contribution >= 4 is 8.41 Å². The van der Waals surface area contributed by atoms with Gasteiger partial charge in [-0.3, -0.25) is 4.98 Å². The molecule has 0 aromatic carbocycles. The standard InChI is InChI=1S/C5H5N.B/c1-2-4-6-5-3-1;/h1-5H;. The van der Waals surface area contributed by atoms with E-state index < -0.39 is 0 Å². The van der Waals surface area contributed by atoms with Gasteiger partial charge in [-0.1, -0.05) is 6.07 Å². The van der Waals surface area contributed by atoms with Gasteiger partial charge in [-0.2, -0.15) is 0 Å². The average Bonchev–Trinajstić information content (AvgIpc) is 1.72. The number of rotatable bonds is 0. The van der Waals surface area contributed by atoms with Gasteiger partial charge in [0.1, 0.15) is 0 Å². The second kappa shape index (κ2) is 3.41. The number of hydrogen-bond donors (Lipinski definition) is 0. The van der Waals surface area contributed by atoms with Crippen LogP contribution < -0.4 is 0 Å². The highest BCUT2D eigenvalue weighted by atomic mass is 14.6. The maximum Gasteiger partial charge on any atom is 0.0267 e. The number of aromatic nitrogens is 1. The number of pyridine rings is 1. The van der Waals surface area contributed by atoms with Crippen LogP contribution in [0.15, 0.2) is 30.6 Å². The molecule has 0 bridgehead atoms. The molecule has 0 aliphatic carbocycles. The fraction of sp³-hybridized carbons (Fsp3) is 0. The summed E-state index contributed by atoms with van der Waals surface area (Å²) in [4.78, 5) is 3.78. The highest BCUT2D eigenvalue weighted by Gasteiger charge is 1.58. The zero-order valence-electron chi connectivity index (χ0n) is 3.91. The molecule has 1 aromatic rings. The molecule has 0 saturated heterocycles. The highest BCUT2D eigenvalue weighted by Crippen LogP contribution is 1.73. The second-order valence-electron chi connectivity index (χ2n) is 1.02. The molecule has 2 heteroatoms. The zero-order chi connectivity index (χ0) is 4.24. The molecule has 7 heavy (non-hydrogen) atoms. The van der Waals surface area contributed by atoms with E-state index >= 15 is 0 Å². The molecule has 0 N–H and O–H groups in total. The summed E-state index contributed by atoms with van der Waals surface area (Å²) in [6, 6.07) is 5.72. The van der Waals surface area contributed by atoms with Crippen LogP contribution in [0.2, 0.25) is 0 Å². The molecule has 1 nitrogen and oxygen atoms in total. The van der Waals surface area contributed by atoms with Gasteiger partial charge in [0.2, 0.25) is 0 Å². The molecule has 0 amide bonds. The Morgan fingerprint density at radius 2 is 1.43 bits per heavy atom. The molecule has 0 fully saturated rings. The fourth-order valence-electron chi connectivity index (χ4n) is 0.313. The zero-order valence-corrected chi connectivity index (χ0v) is 3.91. The van der Waals surface area contributed by atoms with Crippen molar-refractivity contribution in [2.45, 2.75) is 0 Å². The van der Waals surface area contributed by atoms with Crippen LogP contribution in [0.1, 0.15) is 0 Å². The molecule has 0 unspecified atom stereocenters. The van der Waals surface area contributed by atoms with Gasteiger partial charge >= 0.3 is 0 Å². The maximum absolute atomic E-state index is 3.78. The summed E-state index contributed by atoms with van der Waals surface area (Å²) in [6.07, 6.45) is 3.50. The lowest BCUT2D eigenvalue weighted by molar-refractivity contribution is 1.33. The monoisotopic (exact) mass is 90.1 g/mol. The normalized spacial score (nSPS) is 6.86. The van der Waals surface area contributed by atoms with E-state index in [-0.39, 0.29) is 8.41 Å². The molecule has 0 aliphatic rings. The van der Waals surface area contributed by atoms with E-state index in [1.807, 2.05) is 18.2 Å².